The van der Waals surface area contributed by atoms with Gasteiger partial charge in [0, 0.05) is 20.1 Å². The van der Waals surface area contributed by atoms with Gasteiger partial charge in [0.25, 0.3) is 0 Å². The summed E-state index contributed by atoms with van der Waals surface area (Å²) in [5.41, 5.74) is 3.83. The van der Waals surface area contributed by atoms with Gasteiger partial charge in [-0.15, -0.1) is 0 Å². The molecule has 0 spiro atoms. The molecule has 0 aliphatic carbocycles. The molecular formula is C14H24N4O. The molecule has 3 N–H and O–H groups in total. The SMILES string of the molecule is COc1ccc(CN(C)C(=NCC(C)C)NN)cc1. The maximum Gasteiger partial charge on any atom is 0.208 e. The van der Waals surface area contributed by atoms with Crippen molar-refractivity contribution in [3.63, 3.8) is 0 Å². The first-order valence-corrected chi connectivity index (χ1v) is 6.42. The first-order valence-electron chi connectivity index (χ1n) is 6.42. The fraction of sp³-hybridized carbons (Fsp3) is 0.500. The zero-order valence-electron chi connectivity index (χ0n) is 12.2. The Kier molecular flexibility index (Phi) is 6.15. The molecule has 0 saturated carbocycles. The van der Waals surface area contributed by atoms with Crippen molar-refractivity contribution >= 4 is 5.96 Å². The van der Waals surface area contributed by atoms with Crippen LogP contribution < -0.4 is 16.0 Å². The number of benzene rings is 1. The summed E-state index contributed by atoms with van der Waals surface area (Å²) in [6.45, 7) is 5.75. The minimum Gasteiger partial charge on any atom is -0.497 e. The Labute approximate surface area is 115 Å². The summed E-state index contributed by atoms with van der Waals surface area (Å²) in [6, 6.07) is 7.96. The summed E-state index contributed by atoms with van der Waals surface area (Å²) in [4.78, 5) is 6.44. The number of ether oxygens (including phenoxy) is 1. The highest BCUT2D eigenvalue weighted by molar-refractivity contribution is 5.79. The molecule has 5 nitrogen and oxygen atoms in total. The van der Waals surface area contributed by atoms with Crippen LogP contribution in [0.1, 0.15) is 19.4 Å². The van der Waals surface area contributed by atoms with E-state index in [2.05, 4.69) is 24.3 Å². The third kappa shape index (κ3) is 5.18. The van der Waals surface area contributed by atoms with Gasteiger partial charge in [0.1, 0.15) is 5.75 Å². The Bertz CT molecular complexity index is 400. The molecule has 0 aliphatic rings. The van der Waals surface area contributed by atoms with E-state index >= 15 is 0 Å². The van der Waals surface area contributed by atoms with E-state index in [-0.39, 0.29) is 0 Å². The lowest BCUT2D eigenvalue weighted by Gasteiger charge is -2.21. The van der Waals surface area contributed by atoms with E-state index in [9.17, 15) is 0 Å². The van der Waals surface area contributed by atoms with E-state index < -0.39 is 0 Å². The number of hydrazine groups is 1. The number of methoxy groups -OCH3 is 1. The van der Waals surface area contributed by atoms with E-state index in [0.29, 0.717) is 11.9 Å². The number of aliphatic imine (C=N–C) groups is 1. The molecule has 0 aromatic heterocycles. The third-order valence-corrected chi connectivity index (χ3v) is 2.68. The highest BCUT2D eigenvalue weighted by Crippen LogP contribution is 2.12. The van der Waals surface area contributed by atoms with Gasteiger partial charge in [0.15, 0.2) is 0 Å². The fourth-order valence-electron chi connectivity index (χ4n) is 1.63. The third-order valence-electron chi connectivity index (χ3n) is 2.68. The lowest BCUT2D eigenvalue weighted by molar-refractivity contribution is 0.414. The number of hydrogen-bond acceptors (Lipinski definition) is 3. The lowest BCUT2D eigenvalue weighted by atomic mass is 10.2. The van der Waals surface area contributed by atoms with Gasteiger partial charge in [-0.05, 0) is 23.6 Å². The van der Waals surface area contributed by atoms with Crippen LogP contribution in [0.3, 0.4) is 0 Å². The predicted molar refractivity (Wildman–Crippen MR) is 78.9 cm³/mol. The van der Waals surface area contributed by atoms with Crippen molar-refractivity contribution < 1.29 is 4.74 Å². The van der Waals surface area contributed by atoms with Crippen LogP contribution in [-0.4, -0.2) is 31.6 Å². The van der Waals surface area contributed by atoms with E-state index in [1.54, 1.807) is 7.11 Å². The Morgan fingerprint density at radius 2 is 2.00 bits per heavy atom. The van der Waals surface area contributed by atoms with Crippen LogP contribution in [0.15, 0.2) is 29.3 Å². The molecule has 5 heteroatoms. The zero-order valence-corrected chi connectivity index (χ0v) is 12.2. The zero-order chi connectivity index (χ0) is 14.3. The number of nitrogens with one attached hydrogen (secondary N) is 1. The van der Waals surface area contributed by atoms with Gasteiger partial charge in [-0.25, -0.2) is 5.84 Å². The normalized spacial score (nSPS) is 11.6. The minimum atomic E-state index is 0.512. The fourth-order valence-corrected chi connectivity index (χ4v) is 1.63. The largest absolute Gasteiger partial charge is 0.497 e. The van der Waals surface area contributed by atoms with Gasteiger partial charge < -0.3 is 9.64 Å². The molecule has 0 atom stereocenters. The number of nitrogens with two attached hydrogens (primary N) is 1. The Morgan fingerprint density at radius 3 is 2.47 bits per heavy atom. The van der Waals surface area contributed by atoms with Crippen molar-refractivity contribution in [2.75, 3.05) is 20.7 Å². The van der Waals surface area contributed by atoms with E-state index in [1.165, 1.54) is 5.56 Å². The number of guanidine groups is 1. The molecule has 106 valence electrons. The Morgan fingerprint density at radius 1 is 1.37 bits per heavy atom. The van der Waals surface area contributed by atoms with Gasteiger partial charge >= 0.3 is 0 Å². The van der Waals surface area contributed by atoms with Crippen molar-refractivity contribution in [1.82, 2.24) is 10.3 Å². The van der Waals surface area contributed by atoms with Crippen molar-refractivity contribution in [2.24, 2.45) is 16.8 Å². The van der Waals surface area contributed by atoms with Gasteiger partial charge in [-0.2, -0.15) is 0 Å². The van der Waals surface area contributed by atoms with Crippen LogP contribution in [0.2, 0.25) is 0 Å². The summed E-state index contributed by atoms with van der Waals surface area (Å²) >= 11 is 0. The Hall–Kier alpha value is -1.75. The standard InChI is InChI=1S/C14H24N4O/c1-11(2)9-16-14(17-15)18(3)10-12-5-7-13(19-4)8-6-12/h5-8,11H,9-10,15H2,1-4H3,(H,16,17). The molecule has 0 heterocycles. The van der Waals surface area contributed by atoms with Crippen LogP contribution in [0.25, 0.3) is 0 Å². The first-order chi connectivity index (χ1) is 9.06. The highest BCUT2D eigenvalue weighted by atomic mass is 16.5. The topological polar surface area (TPSA) is 62.9 Å². The molecule has 0 radical (unpaired) electrons. The summed E-state index contributed by atoms with van der Waals surface area (Å²) in [5, 5.41) is 0. The first kappa shape index (κ1) is 15.3. The van der Waals surface area contributed by atoms with Crippen LogP contribution in [0.4, 0.5) is 0 Å². The summed E-state index contributed by atoms with van der Waals surface area (Å²) in [5.74, 6) is 7.59. The molecular weight excluding hydrogens is 240 g/mol. The smallest absolute Gasteiger partial charge is 0.208 e. The quantitative estimate of drug-likeness (QED) is 0.367. The molecule has 1 rings (SSSR count). The van der Waals surface area contributed by atoms with Gasteiger partial charge in [-0.3, -0.25) is 10.4 Å². The molecule has 1 aromatic carbocycles. The highest BCUT2D eigenvalue weighted by Gasteiger charge is 2.06. The number of hydrogen-bond donors (Lipinski definition) is 2. The second-order valence-electron chi connectivity index (χ2n) is 4.91. The van der Waals surface area contributed by atoms with Crippen LogP contribution in [-0.2, 0) is 6.54 Å². The predicted octanol–water partition coefficient (Wildman–Crippen LogP) is 1.60. The van der Waals surface area contributed by atoms with Crippen LogP contribution in [0.5, 0.6) is 5.75 Å². The average Bonchev–Trinajstić information content (AvgIpc) is 2.40. The molecule has 1 aromatic rings. The van der Waals surface area contributed by atoms with Crippen molar-refractivity contribution in [2.45, 2.75) is 20.4 Å². The minimum absolute atomic E-state index is 0.512. The number of nitrogens with zero attached hydrogens (tertiary/aromatic N) is 2. The van der Waals surface area contributed by atoms with Crippen LogP contribution in [0, 0.1) is 5.92 Å². The second-order valence-corrected chi connectivity index (χ2v) is 4.91. The molecule has 0 fully saturated rings. The average molecular weight is 264 g/mol. The molecule has 0 saturated heterocycles. The monoisotopic (exact) mass is 264 g/mol. The molecule has 0 bridgehead atoms. The maximum absolute atomic E-state index is 5.52. The Balaban J connectivity index is 2.65. The molecule has 19 heavy (non-hydrogen) atoms. The summed E-state index contributed by atoms with van der Waals surface area (Å²) in [7, 11) is 3.62. The van der Waals surface area contributed by atoms with Crippen molar-refractivity contribution in [1.29, 1.82) is 0 Å². The van der Waals surface area contributed by atoms with E-state index in [4.69, 9.17) is 10.6 Å². The van der Waals surface area contributed by atoms with Crippen LogP contribution >= 0.6 is 0 Å². The molecule has 0 aliphatic heterocycles. The van der Waals surface area contributed by atoms with Crippen molar-refractivity contribution in [3.05, 3.63) is 29.8 Å². The van der Waals surface area contributed by atoms with E-state index in [0.717, 1.165) is 18.8 Å². The van der Waals surface area contributed by atoms with Gasteiger partial charge in [0.2, 0.25) is 5.96 Å². The van der Waals surface area contributed by atoms with Gasteiger partial charge in [-0.1, -0.05) is 26.0 Å². The maximum atomic E-state index is 5.52. The van der Waals surface area contributed by atoms with Crippen molar-refractivity contribution in [3.8, 4) is 5.75 Å². The summed E-state index contributed by atoms with van der Waals surface area (Å²) < 4.78 is 5.14. The number of rotatable bonds is 5. The lowest BCUT2D eigenvalue weighted by Crippen LogP contribution is -2.42. The molecule has 0 amide bonds. The second kappa shape index (κ2) is 7.63. The molecule has 0 unspecified atom stereocenters. The van der Waals surface area contributed by atoms with E-state index in [1.807, 2.05) is 36.2 Å². The van der Waals surface area contributed by atoms with Gasteiger partial charge in [0.05, 0.1) is 7.11 Å². The summed E-state index contributed by atoms with van der Waals surface area (Å²) in [6.07, 6.45) is 0.